The van der Waals surface area contributed by atoms with E-state index in [1.165, 1.54) is 0 Å². The highest BCUT2D eigenvalue weighted by atomic mass is 16.5. The summed E-state index contributed by atoms with van der Waals surface area (Å²) >= 11 is 0. The van der Waals surface area contributed by atoms with Crippen molar-refractivity contribution >= 4 is 17.1 Å². The quantitative estimate of drug-likeness (QED) is 0.732. The molecule has 0 aliphatic rings. The summed E-state index contributed by atoms with van der Waals surface area (Å²) in [4.78, 5) is 14.1. The number of hydrogen-bond donors (Lipinski definition) is 0. The van der Waals surface area contributed by atoms with E-state index in [2.05, 4.69) is 4.98 Å². The van der Waals surface area contributed by atoms with Gasteiger partial charge in [-0.05, 0) is 17.5 Å². The van der Waals surface area contributed by atoms with Crippen LogP contribution in [0.2, 0.25) is 0 Å². The third kappa shape index (κ3) is 1.57. The van der Waals surface area contributed by atoms with Gasteiger partial charge in [0.15, 0.2) is 6.61 Å². The molecule has 0 aliphatic carbocycles. The number of nitrogens with zero attached hydrogens (tertiary/aromatic N) is 1. The summed E-state index contributed by atoms with van der Waals surface area (Å²) in [6.07, 6.45) is 3.32. The molecule has 1 heterocycles. The fourth-order valence-electron chi connectivity index (χ4n) is 1.30. The lowest BCUT2D eigenvalue weighted by Gasteiger charge is -2.03. The number of benzene rings is 1. The average Bonchev–Trinajstić information content (AvgIpc) is 2.26. The van der Waals surface area contributed by atoms with Crippen LogP contribution >= 0.6 is 0 Å². The molecule has 0 unspecified atom stereocenters. The van der Waals surface area contributed by atoms with Crippen LogP contribution in [0.25, 0.3) is 10.8 Å². The van der Waals surface area contributed by atoms with Gasteiger partial charge in [0.25, 0.3) is 0 Å². The molecule has 2 aromatic rings. The predicted octanol–water partition coefficient (Wildman–Crippen LogP) is 1.72. The Balaban J connectivity index is 2.48. The fraction of sp³-hybridized carbons (Fsp3) is 0.0909. The van der Waals surface area contributed by atoms with Gasteiger partial charge in [-0.1, -0.05) is 18.2 Å². The van der Waals surface area contributed by atoms with Crippen LogP contribution in [0, 0.1) is 0 Å². The molecular weight excluding hydrogens is 178 g/mol. The second-order valence-corrected chi connectivity index (χ2v) is 2.77. The minimum atomic E-state index is -0.0823. The topological polar surface area (TPSA) is 39.2 Å². The van der Waals surface area contributed by atoms with Crippen LogP contribution in [0.5, 0.6) is 5.88 Å². The van der Waals surface area contributed by atoms with Crippen molar-refractivity contribution in [3.05, 3.63) is 36.5 Å². The van der Waals surface area contributed by atoms with E-state index in [1.807, 2.05) is 30.3 Å². The highest BCUT2D eigenvalue weighted by molar-refractivity contribution is 5.86. The molecule has 1 aromatic carbocycles. The number of fused-ring (bicyclic) bond motifs is 1. The number of pyridine rings is 1. The molecule has 0 N–H and O–H groups in total. The highest BCUT2D eigenvalue weighted by Crippen LogP contribution is 2.21. The molecule has 0 fully saturated rings. The molecule has 69 valence electrons. The molecular formula is C11H8NO2. The highest BCUT2D eigenvalue weighted by Gasteiger charge is 2.01. The minimum Gasteiger partial charge on any atom is -0.469 e. The molecule has 1 aromatic heterocycles. The first-order valence-corrected chi connectivity index (χ1v) is 4.23. The van der Waals surface area contributed by atoms with Crippen molar-refractivity contribution in [2.75, 3.05) is 6.61 Å². The smallest absolute Gasteiger partial charge is 0.239 e. The lowest BCUT2D eigenvalue weighted by molar-refractivity contribution is 0.356. The van der Waals surface area contributed by atoms with E-state index in [4.69, 9.17) is 4.74 Å². The molecule has 0 atom stereocenters. The zero-order valence-corrected chi connectivity index (χ0v) is 7.43. The molecule has 0 saturated heterocycles. The number of rotatable bonds is 3. The van der Waals surface area contributed by atoms with Gasteiger partial charge < -0.3 is 4.74 Å². The number of carbonyl (C=O) groups excluding carboxylic acids is 1. The van der Waals surface area contributed by atoms with Crippen molar-refractivity contribution in [1.29, 1.82) is 0 Å². The first-order valence-electron chi connectivity index (χ1n) is 4.23. The van der Waals surface area contributed by atoms with Gasteiger partial charge in [-0.3, -0.25) is 4.79 Å². The van der Waals surface area contributed by atoms with E-state index < -0.39 is 0 Å². The van der Waals surface area contributed by atoms with Crippen LogP contribution in [-0.4, -0.2) is 17.9 Å². The van der Waals surface area contributed by atoms with Crippen molar-refractivity contribution < 1.29 is 9.53 Å². The Morgan fingerprint density at radius 1 is 1.29 bits per heavy atom. The zero-order chi connectivity index (χ0) is 9.80. The lowest BCUT2D eigenvalue weighted by Crippen LogP contribution is -1.99. The third-order valence-electron chi connectivity index (χ3n) is 1.90. The van der Waals surface area contributed by atoms with Gasteiger partial charge in [-0.2, -0.15) is 0 Å². The molecule has 0 amide bonds. The minimum absolute atomic E-state index is 0.0823. The standard InChI is InChI=1S/C11H8NO2/c13-7-8-14-11-10-4-2-1-3-9(10)5-6-12-11/h1-6H,8H2. The van der Waals surface area contributed by atoms with Crippen LogP contribution in [0.3, 0.4) is 0 Å². The van der Waals surface area contributed by atoms with Gasteiger partial charge in [-0.25, -0.2) is 4.98 Å². The molecule has 0 spiro atoms. The van der Waals surface area contributed by atoms with Gasteiger partial charge >= 0.3 is 0 Å². The maximum Gasteiger partial charge on any atom is 0.239 e. The van der Waals surface area contributed by atoms with Crippen molar-refractivity contribution in [3.63, 3.8) is 0 Å². The number of ether oxygens (including phenoxy) is 1. The SMILES string of the molecule is O=[C]COc1nccc2ccccc12. The van der Waals surface area contributed by atoms with E-state index in [9.17, 15) is 4.79 Å². The van der Waals surface area contributed by atoms with E-state index >= 15 is 0 Å². The van der Waals surface area contributed by atoms with Crippen molar-refractivity contribution in [2.45, 2.75) is 0 Å². The monoisotopic (exact) mass is 186 g/mol. The number of aromatic nitrogens is 1. The molecule has 3 nitrogen and oxygen atoms in total. The molecule has 2 rings (SSSR count). The molecule has 0 aliphatic heterocycles. The Bertz CT molecular complexity index is 448. The van der Waals surface area contributed by atoms with Crippen LogP contribution in [-0.2, 0) is 4.79 Å². The van der Waals surface area contributed by atoms with Gasteiger partial charge in [-0.15, -0.1) is 0 Å². The first-order chi connectivity index (χ1) is 6.92. The summed E-state index contributed by atoms with van der Waals surface area (Å²) in [5.74, 6) is 0.478. The lowest BCUT2D eigenvalue weighted by atomic mass is 10.2. The fourth-order valence-corrected chi connectivity index (χ4v) is 1.30. The van der Waals surface area contributed by atoms with Crippen LogP contribution in [0.1, 0.15) is 0 Å². The maximum atomic E-state index is 10.0. The zero-order valence-electron chi connectivity index (χ0n) is 7.43. The maximum absolute atomic E-state index is 10.0. The van der Waals surface area contributed by atoms with Gasteiger partial charge in [0.2, 0.25) is 12.2 Å². The van der Waals surface area contributed by atoms with Gasteiger partial charge in [0.1, 0.15) is 0 Å². The Kier molecular flexibility index (Phi) is 2.40. The average molecular weight is 186 g/mol. The normalized spacial score (nSPS) is 10.0. The largest absolute Gasteiger partial charge is 0.469 e. The molecule has 0 bridgehead atoms. The van der Waals surface area contributed by atoms with Crippen LogP contribution in [0.4, 0.5) is 0 Å². The summed E-state index contributed by atoms with van der Waals surface area (Å²) in [7, 11) is 0. The summed E-state index contributed by atoms with van der Waals surface area (Å²) in [6, 6.07) is 9.61. The second kappa shape index (κ2) is 3.87. The van der Waals surface area contributed by atoms with E-state index in [0.29, 0.717) is 5.88 Å². The summed E-state index contributed by atoms with van der Waals surface area (Å²) in [5, 5.41) is 1.95. The summed E-state index contributed by atoms with van der Waals surface area (Å²) < 4.78 is 5.13. The van der Waals surface area contributed by atoms with Gasteiger partial charge in [0.05, 0.1) is 0 Å². The van der Waals surface area contributed by atoms with Crippen molar-refractivity contribution in [2.24, 2.45) is 0 Å². The Morgan fingerprint density at radius 2 is 2.14 bits per heavy atom. The molecule has 3 heteroatoms. The Hall–Kier alpha value is -1.90. The number of hydrogen-bond acceptors (Lipinski definition) is 3. The summed E-state index contributed by atoms with van der Waals surface area (Å²) in [6.45, 7) is -0.0823. The van der Waals surface area contributed by atoms with Crippen molar-refractivity contribution in [3.8, 4) is 5.88 Å². The Labute approximate surface area is 81.3 Å². The molecule has 0 saturated carbocycles. The van der Waals surface area contributed by atoms with E-state index in [0.717, 1.165) is 10.8 Å². The van der Waals surface area contributed by atoms with Crippen LogP contribution in [0.15, 0.2) is 36.5 Å². The molecule has 1 radical (unpaired) electrons. The summed E-state index contributed by atoms with van der Waals surface area (Å²) in [5.41, 5.74) is 0. The second-order valence-electron chi connectivity index (χ2n) is 2.77. The van der Waals surface area contributed by atoms with Crippen molar-refractivity contribution in [1.82, 2.24) is 4.98 Å². The predicted molar refractivity (Wildman–Crippen MR) is 52.9 cm³/mol. The van der Waals surface area contributed by atoms with E-state index in [1.54, 1.807) is 12.5 Å². The third-order valence-corrected chi connectivity index (χ3v) is 1.90. The first kappa shape index (κ1) is 8.69. The Morgan fingerprint density at radius 3 is 3.00 bits per heavy atom. The van der Waals surface area contributed by atoms with E-state index in [-0.39, 0.29) is 6.61 Å². The van der Waals surface area contributed by atoms with Crippen LogP contribution < -0.4 is 4.74 Å². The molecule has 14 heavy (non-hydrogen) atoms. The van der Waals surface area contributed by atoms with Gasteiger partial charge in [0, 0.05) is 11.6 Å².